The molecular formula is C18H25ClN2O6S. The number of methoxy groups -OCH3 is 1. The van der Waals surface area contributed by atoms with Gasteiger partial charge in [-0.2, -0.15) is 0 Å². The average Bonchev–Trinajstić information content (AvgIpc) is 2.65. The van der Waals surface area contributed by atoms with Gasteiger partial charge in [-0.3, -0.25) is 9.59 Å². The van der Waals surface area contributed by atoms with Crippen molar-refractivity contribution in [2.45, 2.75) is 26.3 Å². The molecule has 1 aliphatic heterocycles. The van der Waals surface area contributed by atoms with Crippen LogP contribution in [0.1, 0.15) is 30.6 Å². The van der Waals surface area contributed by atoms with Crippen molar-refractivity contribution in [3.05, 3.63) is 22.7 Å². The molecule has 8 nitrogen and oxygen atoms in total. The number of nitrogens with zero attached hydrogens (tertiary/aromatic N) is 1. The highest BCUT2D eigenvalue weighted by Crippen LogP contribution is 2.36. The molecule has 0 bridgehead atoms. The smallest absolute Gasteiger partial charge is 0.252 e. The van der Waals surface area contributed by atoms with Gasteiger partial charge >= 0.3 is 0 Å². The molecule has 1 aliphatic rings. The number of nitrogens with one attached hydrogen (secondary N) is 1. The third-order valence-electron chi connectivity index (χ3n) is 4.32. The second-order valence-corrected chi connectivity index (χ2v) is 9.22. The summed E-state index contributed by atoms with van der Waals surface area (Å²) in [5.74, 6) is -0.263. The quantitative estimate of drug-likeness (QED) is 0.700. The van der Waals surface area contributed by atoms with E-state index < -0.39 is 21.8 Å². The Kier molecular flexibility index (Phi) is 7.54. The highest BCUT2D eigenvalue weighted by atomic mass is 35.5. The van der Waals surface area contributed by atoms with Crippen molar-refractivity contribution in [3.8, 4) is 11.5 Å². The zero-order chi connectivity index (χ0) is 20.9. The molecule has 2 rings (SSSR count). The van der Waals surface area contributed by atoms with E-state index in [1.54, 1.807) is 6.92 Å². The van der Waals surface area contributed by atoms with Crippen LogP contribution in [0.15, 0.2) is 12.1 Å². The van der Waals surface area contributed by atoms with Gasteiger partial charge < -0.3 is 19.7 Å². The van der Waals surface area contributed by atoms with Crippen molar-refractivity contribution in [3.63, 3.8) is 0 Å². The lowest BCUT2D eigenvalue weighted by atomic mass is 10.1. The van der Waals surface area contributed by atoms with E-state index in [9.17, 15) is 18.0 Å². The first-order valence-corrected chi connectivity index (χ1v) is 11.2. The van der Waals surface area contributed by atoms with Crippen LogP contribution in [-0.4, -0.2) is 69.5 Å². The van der Waals surface area contributed by atoms with Gasteiger partial charge in [-0.05, 0) is 25.5 Å². The van der Waals surface area contributed by atoms with Crippen LogP contribution >= 0.6 is 11.6 Å². The standard InChI is InChI=1S/C18H25ClN2O6S/c1-4-7-27-16-14(19)10-13(11-15(16)26-3)17(22)20-12(2)18(23)21-5-8-28(24,25)9-6-21/h10-12H,4-9H2,1-3H3,(H,20,22). The summed E-state index contributed by atoms with van der Waals surface area (Å²) >= 11 is 6.22. The van der Waals surface area contributed by atoms with Crippen molar-refractivity contribution in [2.75, 3.05) is 38.3 Å². The Labute approximate surface area is 170 Å². The second kappa shape index (κ2) is 9.47. The van der Waals surface area contributed by atoms with Crippen LogP contribution in [0.2, 0.25) is 5.02 Å². The van der Waals surface area contributed by atoms with Crippen molar-refractivity contribution < 1.29 is 27.5 Å². The predicted octanol–water partition coefficient (Wildman–Crippen LogP) is 1.51. The number of halogens is 1. The van der Waals surface area contributed by atoms with Gasteiger partial charge in [0.1, 0.15) is 6.04 Å². The Balaban J connectivity index is 2.07. The number of carbonyl (C=O) groups is 2. The highest BCUT2D eigenvalue weighted by Gasteiger charge is 2.29. The average molecular weight is 433 g/mol. The largest absolute Gasteiger partial charge is 0.493 e. The minimum Gasteiger partial charge on any atom is -0.493 e. The van der Waals surface area contributed by atoms with E-state index >= 15 is 0 Å². The van der Waals surface area contributed by atoms with Gasteiger partial charge in [0.15, 0.2) is 21.3 Å². The van der Waals surface area contributed by atoms with Crippen LogP contribution in [0.25, 0.3) is 0 Å². The van der Waals surface area contributed by atoms with Gasteiger partial charge in [-0.15, -0.1) is 0 Å². The fourth-order valence-corrected chi connectivity index (χ4v) is 4.21. The van der Waals surface area contributed by atoms with Crippen LogP contribution in [0.4, 0.5) is 0 Å². The molecule has 1 aromatic carbocycles. The normalized spacial score (nSPS) is 16.9. The first-order chi connectivity index (χ1) is 13.2. The first kappa shape index (κ1) is 22.3. The van der Waals surface area contributed by atoms with Crippen LogP contribution in [0.5, 0.6) is 11.5 Å². The summed E-state index contributed by atoms with van der Waals surface area (Å²) in [5.41, 5.74) is 0.228. The molecular weight excluding hydrogens is 408 g/mol. The maximum Gasteiger partial charge on any atom is 0.252 e. The number of amides is 2. The van der Waals surface area contributed by atoms with Crippen molar-refractivity contribution in [2.24, 2.45) is 0 Å². The Hall–Kier alpha value is -2.00. The molecule has 1 atom stereocenters. The fraction of sp³-hybridized carbons (Fsp3) is 0.556. The number of benzene rings is 1. The van der Waals surface area contributed by atoms with E-state index in [4.69, 9.17) is 21.1 Å². The molecule has 0 spiro atoms. The molecule has 10 heteroatoms. The minimum absolute atomic E-state index is 0.0641. The molecule has 156 valence electrons. The van der Waals surface area contributed by atoms with Crippen molar-refractivity contribution in [1.29, 1.82) is 0 Å². The molecule has 1 N–H and O–H groups in total. The second-order valence-electron chi connectivity index (χ2n) is 6.51. The molecule has 1 fully saturated rings. The topological polar surface area (TPSA) is 102 Å². The summed E-state index contributed by atoms with van der Waals surface area (Å²) in [4.78, 5) is 26.5. The molecule has 0 radical (unpaired) electrons. The predicted molar refractivity (Wildman–Crippen MR) is 106 cm³/mol. The Morgan fingerprint density at radius 1 is 1.29 bits per heavy atom. The summed E-state index contributed by atoms with van der Waals surface area (Å²) in [5, 5.41) is 2.85. The molecule has 0 aromatic heterocycles. The SMILES string of the molecule is CCCOc1c(Cl)cc(C(=O)NC(C)C(=O)N2CCS(=O)(=O)CC2)cc1OC. The summed E-state index contributed by atoms with van der Waals surface area (Å²) < 4.78 is 33.8. The molecule has 0 saturated carbocycles. The maximum atomic E-state index is 12.6. The number of ether oxygens (including phenoxy) is 2. The number of hydrogen-bond donors (Lipinski definition) is 1. The van der Waals surface area contributed by atoms with Gasteiger partial charge in [0, 0.05) is 18.7 Å². The van der Waals surface area contributed by atoms with Gasteiger partial charge in [0.05, 0.1) is 30.2 Å². The number of carbonyl (C=O) groups excluding carboxylic acids is 2. The highest BCUT2D eigenvalue weighted by molar-refractivity contribution is 7.91. The molecule has 0 aliphatic carbocycles. The molecule has 1 aromatic rings. The van der Waals surface area contributed by atoms with E-state index in [2.05, 4.69) is 5.32 Å². The Morgan fingerprint density at radius 2 is 1.93 bits per heavy atom. The van der Waals surface area contributed by atoms with Crippen LogP contribution in [0.3, 0.4) is 0 Å². The van der Waals surface area contributed by atoms with Gasteiger partial charge in [-0.1, -0.05) is 18.5 Å². The lowest BCUT2D eigenvalue weighted by molar-refractivity contribution is -0.132. The Morgan fingerprint density at radius 3 is 2.50 bits per heavy atom. The molecule has 28 heavy (non-hydrogen) atoms. The third-order valence-corrected chi connectivity index (χ3v) is 6.21. The third kappa shape index (κ3) is 5.51. The van der Waals surface area contributed by atoms with E-state index in [1.165, 1.54) is 24.1 Å². The van der Waals surface area contributed by atoms with Gasteiger partial charge in [0.2, 0.25) is 5.91 Å². The number of sulfone groups is 1. The van der Waals surface area contributed by atoms with Gasteiger partial charge in [-0.25, -0.2) is 8.42 Å². The van der Waals surface area contributed by atoms with Crippen molar-refractivity contribution >= 4 is 33.3 Å². The van der Waals surface area contributed by atoms with E-state index in [0.29, 0.717) is 18.1 Å². The first-order valence-electron chi connectivity index (χ1n) is 8.99. The maximum absolute atomic E-state index is 12.6. The van der Waals surface area contributed by atoms with E-state index in [-0.39, 0.29) is 41.1 Å². The molecule has 2 amide bonds. The summed E-state index contributed by atoms with van der Waals surface area (Å²) in [7, 11) is -1.64. The molecule has 1 unspecified atom stereocenters. The van der Waals surface area contributed by atoms with E-state index in [0.717, 1.165) is 6.42 Å². The summed E-state index contributed by atoms with van der Waals surface area (Å²) in [6, 6.07) is 2.14. The monoisotopic (exact) mass is 432 g/mol. The fourth-order valence-electron chi connectivity index (χ4n) is 2.74. The van der Waals surface area contributed by atoms with E-state index in [1.807, 2.05) is 6.92 Å². The minimum atomic E-state index is -3.09. The van der Waals surface area contributed by atoms with Crippen LogP contribution in [-0.2, 0) is 14.6 Å². The number of rotatable bonds is 7. The van der Waals surface area contributed by atoms with Crippen LogP contribution < -0.4 is 14.8 Å². The Bertz CT molecular complexity index is 829. The summed E-state index contributed by atoms with van der Waals surface area (Å²) in [6.07, 6.45) is 0.791. The lowest BCUT2D eigenvalue weighted by Crippen LogP contribution is -2.51. The lowest BCUT2D eigenvalue weighted by Gasteiger charge is -2.29. The summed E-state index contributed by atoms with van der Waals surface area (Å²) in [6.45, 7) is 4.23. The number of hydrogen-bond acceptors (Lipinski definition) is 6. The van der Waals surface area contributed by atoms with Crippen LogP contribution in [0, 0.1) is 0 Å². The van der Waals surface area contributed by atoms with Crippen molar-refractivity contribution in [1.82, 2.24) is 10.2 Å². The van der Waals surface area contributed by atoms with Gasteiger partial charge in [0.25, 0.3) is 5.91 Å². The zero-order valence-electron chi connectivity index (χ0n) is 16.2. The molecule has 1 heterocycles. The zero-order valence-corrected chi connectivity index (χ0v) is 17.7. The molecule has 1 saturated heterocycles.